The molecule has 0 aromatic heterocycles. The number of nitrogens with two attached hydrogens (primary N) is 1. The van der Waals surface area contributed by atoms with E-state index in [0.29, 0.717) is 5.92 Å². The zero-order chi connectivity index (χ0) is 15.3. The quantitative estimate of drug-likeness (QED) is 0.805. The van der Waals surface area contributed by atoms with Gasteiger partial charge in [0.2, 0.25) is 5.91 Å². The lowest BCUT2D eigenvalue weighted by Gasteiger charge is -2.29. The van der Waals surface area contributed by atoms with Gasteiger partial charge in [-0.15, -0.1) is 0 Å². The van der Waals surface area contributed by atoms with Crippen molar-refractivity contribution in [3.8, 4) is 5.75 Å². The molecule has 1 amide bonds. The Morgan fingerprint density at radius 1 is 1.25 bits per heavy atom. The number of amides is 1. The van der Waals surface area contributed by atoms with E-state index in [0.717, 1.165) is 5.75 Å². The maximum Gasteiger partial charge on any atom is 0.240 e. The van der Waals surface area contributed by atoms with E-state index in [-0.39, 0.29) is 12.6 Å². The Bertz CT molecular complexity index is 440. The van der Waals surface area contributed by atoms with E-state index < -0.39 is 11.4 Å². The molecule has 0 aliphatic heterocycles. The summed E-state index contributed by atoms with van der Waals surface area (Å²) in [4.78, 5) is 11.6. The van der Waals surface area contributed by atoms with Crippen LogP contribution in [0.15, 0.2) is 24.3 Å². The highest BCUT2D eigenvalue weighted by Crippen LogP contribution is 2.19. The van der Waals surface area contributed by atoms with Crippen LogP contribution in [0.3, 0.4) is 0 Å². The van der Waals surface area contributed by atoms with Gasteiger partial charge in [-0.2, -0.15) is 0 Å². The van der Waals surface area contributed by atoms with Gasteiger partial charge in [0.15, 0.2) is 0 Å². The minimum atomic E-state index is -0.870. The molecule has 0 saturated carbocycles. The van der Waals surface area contributed by atoms with Crippen molar-refractivity contribution in [3.05, 3.63) is 29.8 Å². The highest BCUT2D eigenvalue weighted by atomic mass is 16.5. The molecule has 4 nitrogen and oxygen atoms in total. The fourth-order valence-electron chi connectivity index (χ4n) is 2.00. The van der Waals surface area contributed by atoms with Crippen molar-refractivity contribution in [2.24, 2.45) is 5.73 Å². The van der Waals surface area contributed by atoms with Crippen molar-refractivity contribution < 1.29 is 9.53 Å². The average molecular weight is 278 g/mol. The van der Waals surface area contributed by atoms with Gasteiger partial charge in [-0.25, -0.2) is 0 Å². The molecular formula is C16H26N2O2. The number of rotatable bonds is 7. The Morgan fingerprint density at radius 2 is 1.80 bits per heavy atom. The standard InChI is InChI=1S/C16H26N2O2/c1-11(2)13-6-8-14(9-7-13)20-10-16(5,15(17)19)18-12(3)4/h6-9,11-12,18H,10H2,1-5H3,(H2,17,19). The number of carbonyl (C=O) groups excluding carboxylic acids is 1. The Hall–Kier alpha value is -1.55. The van der Waals surface area contributed by atoms with Crippen LogP contribution in [0.5, 0.6) is 5.75 Å². The molecule has 0 aliphatic rings. The van der Waals surface area contributed by atoms with Gasteiger partial charge >= 0.3 is 0 Å². The second kappa shape index (κ2) is 6.75. The summed E-state index contributed by atoms with van der Waals surface area (Å²) in [5.74, 6) is 0.819. The minimum Gasteiger partial charge on any atom is -0.491 e. The van der Waals surface area contributed by atoms with Gasteiger partial charge in [0.25, 0.3) is 0 Å². The molecule has 0 saturated heterocycles. The SMILES string of the molecule is CC(C)NC(C)(COc1ccc(C(C)C)cc1)C(N)=O. The predicted molar refractivity (Wildman–Crippen MR) is 81.9 cm³/mol. The number of hydrogen-bond donors (Lipinski definition) is 2. The third-order valence-electron chi connectivity index (χ3n) is 3.23. The number of ether oxygens (including phenoxy) is 1. The maximum absolute atomic E-state index is 11.6. The summed E-state index contributed by atoms with van der Waals surface area (Å²) in [6.45, 7) is 10.2. The minimum absolute atomic E-state index is 0.152. The van der Waals surface area contributed by atoms with Crippen molar-refractivity contribution in [2.45, 2.75) is 52.1 Å². The summed E-state index contributed by atoms with van der Waals surface area (Å²) in [6.07, 6.45) is 0. The lowest BCUT2D eigenvalue weighted by molar-refractivity contribution is -0.125. The molecule has 0 bridgehead atoms. The molecule has 1 unspecified atom stereocenters. The van der Waals surface area contributed by atoms with Crippen LogP contribution in [0.4, 0.5) is 0 Å². The smallest absolute Gasteiger partial charge is 0.240 e. The van der Waals surface area contributed by atoms with Crippen LogP contribution in [0.2, 0.25) is 0 Å². The number of nitrogens with one attached hydrogen (secondary N) is 1. The van der Waals surface area contributed by atoms with Crippen LogP contribution in [-0.2, 0) is 4.79 Å². The second-order valence-electron chi connectivity index (χ2n) is 6.01. The summed E-state index contributed by atoms with van der Waals surface area (Å²) in [5, 5.41) is 3.16. The zero-order valence-electron chi connectivity index (χ0n) is 13.1. The Balaban J connectivity index is 2.70. The summed E-state index contributed by atoms with van der Waals surface area (Å²) in [7, 11) is 0. The summed E-state index contributed by atoms with van der Waals surface area (Å²) < 4.78 is 5.70. The van der Waals surface area contributed by atoms with Gasteiger partial charge in [-0.05, 0) is 44.4 Å². The van der Waals surface area contributed by atoms with E-state index in [2.05, 4.69) is 19.2 Å². The molecule has 4 heteroatoms. The molecule has 0 radical (unpaired) electrons. The topological polar surface area (TPSA) is 64.3 Å². The van der Waals surface area contributed by atoms with Crippen LogP contribution >= 0.6 is 0 Å². The van der Waals surface area contributed by atoms with Crippen LogP contribution in [0, 0.1) is 0 Å². The van der Waals surface area contributed by atoms with Crippen LogP contribution in [-0.4, -0.2) is 24.1 Å². The lowest BCUT2D eigenvalue weighted by atomic mass is 10.0. The third kappa shape index (κ3) is 4.53. The second-order valence-corrected chi connectivity index (χ2v) is 6.01. The first kappa shape index (κ1) is 16.5. The highest BCUT2D eigenvalue weighted by Gasteiger charge is 2.32. The highest BCUT2D eigenvalue weighted by molar-refractivity contribution is 5.84. The Kier molecular flexibility index (Phi) is 5.57. The average Bonchev–Trinajstić information content (AvgIpc) is 2.36. The van der Waals surface area contributed by atoms with Gasteiger partial charge in [-0.1, -0.05) is 26.0 Å². The predicted octanol–water partition coefficient (Wildman–Crippen LogP) is 2.43. The third-order valence-corrected chi connectivity index (χ3v) is 3.23. The van der Waals surface area contributed by atoms with E-state index in [4.69, 9.17) is 10.5 Å². The molecule has 1 aromatic carbocycles. The molecular weight excluding hydrogens is 252 g/mol. The molecule has 20 heavy (non-hydrogen) atoms. The lowest BCUT2D eigenvalue weighted by Crippen LogP contribution is -2.59. The number of carbonyl (C=O) groups is 1. The van der Waals surface area contributed by atoms with E-state index in [1.807, 2.05) is 38.1 Å². The van der Waals surface area contributed by atoms with Crippen LogP contribution in [0.25, 0.3) is 0 Å². The molecule has 0 spiro atoms. The van der Waals surface area contributed by atoms with Gasteiger partial charge < -0.3 is 10.5 Å². The van der Waals surface area contributed by atoms with Crippen molar-refractivity contribution in [1.82, 2.24) is 5.32 Å². The van der Waals surface area contributed by atoms with Gasteiger partial charge in [0.1, 0.15) is 17.9 Å². The monoisotopic (exact) mass is 278 g/mol. The van der Waals surface area contributed by atoms with E-state index in [9.17, 15) is 4.79 Å². The summed E-state index contributed by atoms with van der Waals surface area (Å²) in [5.41, 5.74) is 5.86. The fraction of sp³-hybridized carbons (Fsp3) is 0.562. The van der Waals surface area contributed by atoms with E-state index in [1.165, 1.54) is 5.56 Å². The maximum atomic E-state index is 11.6. The van der Waals surface area contributed by atoms with E-state index in [1.54, 1.807) is 6.92 Å². The van der Waals surface area contributed by atoms with Gasteiger partial charge in [-0.3, -0.25) is 10.1 Å². The summed E-state index contributed by atoms with van der Waals surface area (Å²) in [6, 6.07) is 8.08. The first-order valence-electron chi connectivity index (χ1n) is 7.05. The van der Waals surface area contributed by atoms with Gasteiger partial charge in [0.05, 0.1) is 0 Å². The molecule has 0 aliphatic carbocycles. The molecule has 1 atom stereocenters. The first-order chi connectivity index (χ1) is 9.24. The Labute approximate surface area is 121 Å². The number of benzene rings is 1. The Morgan fingerprint density at radius 3 is 2.20 bits per heavy atom. The normalized spacial score (nSPS) is 14.3. The molecule has 112 valence electrons. The van der Waals surface area contributed by atoms with Crippen molar-refractivity contribution in [2.75, 3.05) is 6.61 Å². The molecule has 1 rings (SSSR count). The first-order valence-corrected chi connectivity index (χ1v) is 7.05. The zero-order valence-corrected chi connectivity index (χ0v) is 13.1. The van der Waals surface area contributed by atoms with Crippen LogP contribution < -0.4 is 15.8 Å². The molecule has 1 aromatic rings. The van der Waals surface area contributed by atoms with Crippen molar-refractivity contribution >= 4 is 5.91 Å². The molecule has 0 heterocycles. The molecule has 0 fully saturated rings. The van der Waals surface area contributed by atoms with Crippen molar-refractivity contribution in [3.63, 3.8) is 0 Å². The van der Waals surface area contributed by atoms with Crippen LogP contribution in [0.1, 0.15) is 46.1 Å². The number of hydrogen-bond acceptors (Lipinski definition) is 3. The van der Waals surface area contributed by atoms with Gasteiger partial charge in [0, 0.05) is 6.04 Å². The van der Waals surface area contributed by atoms with Crippen molar-refractivity contribution in [1.29, 1.82) is 0 Å². The fourth-order valence-corrected chi connectivity index (χ4v) is 2.00. The summed E-state index contributed by atoms with van der Waals surface area (Å²) >= 11 is 0. The largest absolute Gasteiger partial charge is 0.491 e. The molecule has 3 N–H and O–H groups in total. The number of primary amides is 1. The van der Waals surface area contributed by atoms with E-state index >= 15 is 0 Å².